The molecular formula is C18H23N3O3. The fraction of sp³-hybridized carbons (Fsp3) is 0.444. The first-order valence-electron chi connectivity index (χ1n) is 8.16. The number of H-pyrrole nitrogens is 1. The van der Waals surface area contributed by atoms with Crippen LogP contribution in [0.1, 0.15) is 32.0 Å². The van der Waals surface area contributed by atoms with E-state index in [1.165, 1.54) is 16.6 Å². The Kier molecular flexibility index (Phi) is 4.22. The van der Waals surface area contributed by atoms with Gasteiger partial charge in [-0.1, -0.05) is 18.2 Å². The van der Waals surface area contributed by atoms with Crippen molar-refractivity contribution in [3.8, 4) is 0 Å². The first-order chi connectivity index (χ1) is 11.3. The van der Waals surface area contributed by atoms with Crippen molar-refractivity contribution in [2.75, 3.05) is 6.54 Å². The van der Waals surface area contributed by atoms with Gasteiger partial charge in [-0.2, -0.15) is 0 Å². The Labute approximate surface area is 141 Å². The zero-order chi connectivity index (χ0) is 17.3. The SMILES string of the molecule is CC(C)(C)OC(=O)NCC(=O)NC1Cc2[nH]c3ccccc3c2C1. The largest absolute Gasteiger partial charge is 0.444 e. The minimum atomic E-state index is -0.583. The smallest absolute Gasteiger partial charge is 0.408 e. The summed E-state index contributed by atoms with van der Waals surface area (Å²) < 4.78 is 5.11. The van der Waals surface area contributed by atoms with Crippen molar-refractivity contribution in [1.82, 2.24) is 15.6 Å². The lowest BCUT2D eigenvalue weighted by molar-refractivity contribution is -0.120. The van der Waals surface area contributed by atoms with Gasteiger partial charge in [0.25, 0.3) is 0 Å². The minimum absolute atomic E-state index is 0.0591. The molecule has 2 aromatic rings. The number of aromatic nitrogens is 1. The van der Waals surface area contributed by atoms with Crippen LogP contribution in [0.4, 0.5) is 4.79 Å². The number of carbonyl (C=O) groups is 2. The van der Waals surface area contributed by atoms with Crippen LogP contribution in [0, 0.1) is 0 Å². The van der Waals surface area contributed by atoms with E-state index in [0.29, 0.717) is 0 Å². The maximum Gasteiger partial charge on any atom is 0.408 e. The Balaban J connectivity index is 1.51. The molecule has 1 aliphatic rings. The predicted octanol–water partition coefficient (Wildman–Crippen LogP) is 2.28. The molecule has 24 heavy (non-hydrogen) atoms. The van der Waals surface area contributed by atoms with Crippen LogP contribution in [0.3, 0.4) is 0 Å². The molecule has 0 spiro atoms. The number of aromatic amines is 1. The second-order valence-electron chi connectivity index (χ2n) is 7.16. The summed E-state index contributed by atoms with van der Waals surface area (Å²) in [4.78, 5) is 27.0. The Morgan fingerprint density at radius 1 is 1.25 bits per heavy atom. The highest BCUT2D eigenvalue weighted by Gasteiger charge is 2.26. The van der Waals surface area contributed by atoms with Crippen LogP contribution in [-0.2, 0) is 22.4 Å². The number of amides is 2. The van der Waals surface area contributed by atoms with Gasteiger partial charge >= 0.3 is 6.09 Å². The third-order valence-electron chi connectivity index (χ3n) is 3.96. The Morgan fingerprint density at radius 3 is 2.75 bits per heavy atom. The molecule has 6 heteroatoms. The molecule has 0 bridgehead atoms. The van der Waals surface area contributed by atoms with Gasteiger partial charge in [-0.05, 0) is 38.8 Å². The van der Waals surface area contributed by atoms with E-state index in [1.54, 1.807) is 20.8 Å². The molecule has 1 atom stereocenters. The van der Waals surface area contributed by atoms with Crippen LogP contribution in [0.2, 0.25) is 0 Å². The highest BCUT2D eigenvalue weighted by molar-refractivity contribution is 5.86. The fourth-order valence-electron chi connectivity index (χ4n) is 3.08. The second kappa shape index (κ2) is 6.19. The molecule has 0 fully saturated rings. The fourth-order valence-corrected chi connectivity index (χ4v) is 3.08. The summed E-state index contributed by atoms with van der Waals surface area (Å²) in [5.74, 6) is -0.208. The van der Waals surface area contributed by atoms with Crippen LogP contribution in [-0.4, -0.2) is 35.2 Å². The van der Waals surface area contributed by atoms with Crippen molar-refractivity contribution in [1.29, 1.82) is 0 Å². The van der Waals surface area contributed by atoms with Gasteiger partial charge in [0.15, 0.2) is 0 Å². The molecule has 3 N–H and O–H groups in total. The number of carbonyl (C=O) groups excluding carboxylic acids is 2. The van der Waals surface area contributed by atoms with E-state index >= 15 is 0 Å². The molecule has 128 valence electrons. The molecule has 0 aliphatic heterocycles. The van der Waals surface area contributed by atoms with Crippen LogP contribution in [0.15, 0.2) is 24.3 Å². The number of ether oxygens (including phenoxy) is 1. The van der Waals surface area contributed by atoms with Gasteiger partial charge in [-0.25, -0.2) is 4.79 Å². The summed E-state index contributed by atoms with van der Waals surface area (Å²) in [6.07, 6.45) is 1.000. The summed E-state index contributed by atoms with van der Waals surface area (Å²) in [7, 11) is 0. The van der Waals surface area contributed by atoms with Crippen molar-refractivity contribution >= 4 is 22.9 Å². The molecule has 0 saturated carbocycles. The maximum absolute atomic E-state index is 12.0. The summed E-state index contributed by atoms with van der Waals surface area (Å²) in [6.45, 7) is 5.26. The summed E-state index contributed by atoms with van der Waals surface area (Å²) in [5, 5.41) is 6.66. The van der Waals surface area contributed by atoms with E-state index in [4.69, 9.17) is 4.74 Å². The Hall–Kier alpha value is -2.50. The van der Waals surface area contributed by atoms with Gasteiger partial charge in [-0.15, -0.1) is 0 Å². The molecule has 1 heterocycles. The monoisotopic (exact) mass is 329 g/mol. The van der Waals surface area contributed by atoms with E-state index in [9.17, 15) is 9.59 Å². The molecule has 1 aromatic heterocycles. The standard InChI is InChI=1S/C18H23N3O3/c1-18(2,3)24-17(23)19-10-16(22)20-11-8-13-12-6-4-5-7-14(12)21-15(13)9-11/h4-7,11,21H,8-10H2,1-3H3,(H,19,23)(H,20,22). The van der Waals surface area contributed by atoms with E-state index in [1.807, 2.05) is 12.1 Å². The molecule has 6 nitrogen and oxygen atoms in total. The lowest BCUT2D eigenvalue weighted by atomic mass is 10.1. The first-order valence-corrected chi connectivity index (χ1v) is 8.16. The van der Waals surface area contributed by atoms with Crippen LogP contribution in [0.25, 0.3) is 10.9 Å². The number of alkyl carbamates (subject to hydrolysis) is 1. The molecule has 1 aromatic carbocycles. The number of hydrogen-bond donors (Lipinski definition) is 3. The molecular weight excluding hydrogens is 306 g/mol. The molecule has 0 saturated heterocycles. The molecule has 3 rings (SSSR count). The van der Waals surface area contributed by atoms with Crippen LogP contribution >= 0.6 is 0 Å². The lowest BCUT2D eigenvalue weighted by Crippen LogP contribution is -2.43. The summed E-state index contributed by atoms with van der Waals surface area (Å²) in [5.41, 5.74) is 3.02. The van der Waals surface area contributed by atoms with Crippen molar-refractivity contribution in [2.45, 2.75) is 45.3 Å². The van der Waals surface area contributed by atoms with Gasteiger partial charge in [-0.3, -0.25) is 4.79 Å². The summed E-state index contributed by atoms with van der Waals surface area (Å²) in [6, 6.07) is 8.25. The van der Waals surface area contributed by atoms with Gasteiger partial charge < -0.3 is 20.4 Å². The Morgan fingerprint density at radius 2 is 2.00 bits per heavy atom. The summed E-state index contributed by atoms with van der Waals surface area (Å²) >= 11 is 0. The van der Waals surface area contributed by atoms with Crippen molar-refractivity contribution in [3.05, 3.63) is 35.5 Å². The number of rotatable bonds is 3. The first kappa shape index (κ1) is 16.4. The molecule has 0 radical (unpaired) electrons. The molecule has 2 amide bonds. The van der Waals surface area contributed by atoms with Crippen molar-refractivity contribution in [3.63, 3.8) is 0 Å². The number of fused-ring (bicyclic) bond motifs is 3. The quantitative estimate of drug-likeness (QED) is 0.808. The van der Waals surface area contributed by atoms with E-state index in [2.05, 4.69) is 27.8 Å². The number of para-hydroxylation sites is 1. The topological polar surface area (TPSA) is 83.2 Å². The number of nitrogens with one attached hydrogen (secondary N) is 3. The molecule has 1 unspecified atom stereocenters. The average molecular weight is 329 g/mol. The average Bonchev–Trinajstić information content (AvgIpc) is 3.00. The van der Waals surface area contributed by atoms with Gasteiger partial charge in [0.1, 0.15) is 12.1 Å². The highest BCUT2D eigenvalue weighted by Crippen LogP contribution is 2.29. The van der Waals surface area contributed by atoms with Gasteiger partial charge in [0.2, 0.25) is 5.91 Å². The lowest BCUT2D eigenvalue weighted by Gasteiger charge is -2.20. The second-order valence-corrected chi connectivity index (χ2v) is 7.16. The normalized spacial score (nSPS) is 16.7. The van der Waals surface area contributed by atoms with Crippen LogP contribution in [0.5, 0.6) is 0 Å². The van der Waals surface area contributed by atoms with E-state index < -0.39 is 11.7 Å². The number of hydrogen-bond acceptors (Lipinski definition) is 3. The van der Waals surface area contributed by atoms with Crippen molar-refractivity contribution in [2.24, 2.45) is 0 Å². The van der Waals surface area contributed by atoms with E-state index in [-0.39, 0.29) is 18.5 Å². The van der Waals surface area contributed by atoms with Gasteiger partial charge in [0, 0.05) is 29.1 Å². The highest BCUT2D eigenvalue weighted by atomic mass is 16.6. The van der Waals surface area contributed by atoms with Crippen LogP contribution < -0.4 is 10.6 Å². The molecule has 1 aliphatic carbocycles. The third kappa shape index (κ3) is 3.69. The number of benzene rings is 1. The third-order valence-corrected chi connectivity index (χ3v) is 3.96. The van der Waals surface area contributed by atoms with Crippen molar-refractivity contribution < 1.29 is 14.3 Å². The zero-order valence-corrected chi connectivity index (χ0v) is 14.2. The minimum Gasteiger partial charge on any atom is -0.444 e. The Bertz CT molecular complexity index is 773. The zero-order valence-electron chi connectivity index (χ0n) is 14.2. The predicted molar refractivity (Wildman–Crippen MR) is 91.9 cm³/mol. The van der Waals surface area contributed by atoms with Gasteiger partial charge in [0.05, 0.1) is 0 Å². The maximum atomic E-state index is 12.0. The van der Waals surface area contributed by atoms with E-state index in [0.717, 1.165) is 18.4 Å².